The number of nitrogens with one attached hydrogen (secondary N) is 1. The molecule has 26 heavy (non-hydrogen) atoms. The highest BCUT2D eigenvalue weighted by Gasteiger charge is 2.10. The van der Waals surface area contributed by atoms with Gasteiger partial charge in [0.15, 0.2) is 0 Å². The van der Waals surface area contributed by atoms with Crippen LogP contribution >= 0.6 is 0 Å². The van der Waals surface area contributed by atoms with Gasteiger partial charge in [-0.05, 0) is 55.3 Å². The van der Waals surface area contributed by atoms with Gasteiger partial charge in [-0.2, -0.15) is 0 Å². The summed E-state index contributed by atoms with van der Waals surface area (Å²) in [6.07, 6.45) is 4.74. The number of carbonyl (C=O) groups excluding carboxylic acids is 2. The van der Waals surface area contributed by atoms with Crippen molar-refractivity contribution in [1.29, 1.82) is 0 Å². The molecule has 2 heterocycles. The summed E-state index contributed by atoms with van der Waals surface area (Å²) in [5.74, 6) is -0.517. The van der Waals surface area contributed by atoms with Gasteiger partial charge in [-0.1, -0.05) is 6.92 Å². The van der Waals surface area contributed by atoms with Crippen molar-refractivity contribution in [3.63, 3.8) is 0 Å². The summed E-state index contributed by atoms with van der Waals surface area (Å²) in [6, 6.07) is 10.6. The fraction of sp³-hybridized carbons (Fsp3) is 0.250. The lowest BCUT2D eigenvalue weighted by molar-refractivity contribution is -0.115. The van der Waals surface area contributed by atoms with Crippen molar-refractivity contribution in [3.8, 4) is 0 Å². The second kappa shape index (κ2) is 7.82. The van der Waals surface area contributed by atoms with E-state index in [2.05, 4.69) is 10.3 Å². The number of aromatic nitrogens is 2. The first-order valence-corrected chi connectivity index (χ1v) is 8.56. The number of benzene rings is 1. The van der Waals surface area contributed by atoms with Gasteiger partial charge >= 0.3 is 5.97 Å². The predicted octanol–water partition coefficient (Wildman–Crippen LogP) is 3.39. The van der Waals surface area contributed by atoms with E-state index in [9.17, 15) is 9.59 Å². The van der Waals surface area contributed by atoms with Gasteiger partial charge in [-0.25, -0.2) is 9.78 Å². The average Bonchev–Trinajstić information content (AvgIpc) is 3.01. The van der Waals surface area contributed by atoms with E-state index in [0.717, 1.165) is 17.6 Å². The zero-order chi connectivity index (χ0) is 18.5. The Labute approximate surface area is 151 Å². The third-order valence-corrected chi connectivity index (χ3v) is 3.85. The Morgan fingerprint density at radius 3 is 2.69 bits per heavy atom. The Bertz CT molecular complexity index is 929. The molecule has 1 aromatic carbocycles. The molecule has 0 radical (unpaired) electrons. The number of amides is 1. The SMILES string of the molecule is CCCOC(=O)c1ccc(NC(=O)Cc2cn3ccc(C)cc3n2)cc1. The number of nitrogens with zero attached hydrogens (tertiary/aromatic N) is 2. The quantitative estimate of drug-likeness (QED) is 0.691. The van der Waals surface area contributed by atoms with Crippen molar-refractivity contribution >= 4 is 23.2 Å². The van der Waals surface area contributed by atoms with Crippen LogP contribution in [0.3, 0.4) is 0 Å². The Hall–Kier alpha value is -3.15. The minimum absolute atomic E-state index is 0.161. The zero-order valence-corrected chi connectivity index (χ0v) is 14.9. The Morgan fingerprint density at radius 1 is 1.19 bits per heavy atom. The number of pyridine rings is 1. The molecule has 0 aliphatic heterocycles. The molecule has 0 aliphatic carbocycles. The highest BCUT2D eigenvalue weighted by atomic mass is 16.5. The molecule has 6 heteroatoms. The molecule has 6 nitrogen and oxygen atoms in total. The smallest absolute Gasteiger partial charge is 0.338 e. The molecule has 134 valence electrons. The van der Waals surface area contributed by atoms with E-state index >= 15 is 0 Å². The highest BCUT2D eigenvalue weighted by molar-refractivity contribution is 5.93. The van der Waals surface area contributed by atoms with Crippen LogP contribution in [0.25, 0.3) is 5.65 Å². The van der Waals surface area contributed by atoms with Crippen molar-refractivity contribution in [1.82, 2.24) is 9.38 Å². The average molecular weight is 351 g/mol. The van der Waals surface area contributed by atoms with E-state index in [0.29, 0.717) is 23.6 Å². The number of hydrogen-bond acceptors (Lipinski definition) is 4. The van der Waals surface area contributed by atoms with E-state index in [1.807, 2.05) is 42.8 Å². The molecular weight excluding hydrogens is 330 g/mol. The Kier molecular flexibility index (Phi) is 5.31. The zero-order valence-electron chi connectivity index (χ0n) is 14.9. The van der Waals surface area contributed by atoms with Gasteiger partial charge < -0.3 is 14.5 Å². The number of fused-ring (bicyclic) bond motifs is 1. The molecule has 0 fully saturated rings. The number of ether oxygens (including phenoxy) is 1. The van der Waals surface area contributed by atoms with Gasteiger partial charge in [0.2, 0.25) is 5.91 Å². The van der Waals surface area contributed by atoms with Gasteiger partial charge in [0, 0.05) is 18.1 Å². The van der Waals surface area contributed by atoms with Crippen molar-refractivity contribution in [2.45, 2.75) is 26.7 Å². The lowest BCUT2D eigenvalue weighted by Crippen LogP contribution is -2.14. The monoisotopic (exact) mass is 351 g/mol. The van der Waals surface area contributed by atoms with Crippen LogP contribution in [-0.2, 0) is 16.0 Å². The molecule has 3 rings (SSSR count). The number of imidazole rings is 1. The maximum atomic E-state index is 12.2. The van der Waals surface area contributed by atoms with E-state index in [1.54, 1.807) is 24.3 Å². The number of carbonyl (C=O) groups is 2. The molecule has 3 aromatic rings. The lowest BCUT2D eigenvalue weighted by atomic mass is 10.2. The Balaban J connectivity index is 1.61. The lowest BCUT2D eigenvalue weighted by Gasteiger charge is -2.06. The summed E-state index contributed by atoms with van der Waals surface area (Å²) >= 11 is 0. The second-order valence-corrected chi connectivity index (χ2v) is 6.14. The largest absolute Gasteiger partial charge is 0.462 e. The summed E-state index contributed by atoms with van der Waals surface area (Å²) in [6.45, 7) is 4.34. The van der Waals surface area contributed by atoms with Crippen LogP contribution in [-0.4, -0.2) is 27.9 Å². The highest BCUT2D eigenvalue weighted by Crippen LogP contribution is 2.12. The second-order valence-electron chi connectivity index (χ2n) is 6.14. The molecule has 0 atom stereocenters. The molecule has 0 aliphatic rings. The third-order valence-electron chi connectivity index (χ3n) is 3.85. The Morgan fingerprint density at radius 2 is 1.96 bits per heavy atom. The fourth-order valence-corrected chi connectivity index (χ4v) is 2.56. The van der Waals surface area contributed by atoms with Crippen LogP contribution in [0.5, 0.6) is 0 Å². The summed E-state index contributed by atoms with van der Waals surface area (Å²) in [7, 11) is 0. The van der Waals surface area contributed by atoms with Crippen LogP contribution < -0.4 is 5.32 Å². The molecule has 0 unspecified atom stereocenters. The van der Waals surface area contributed by atoms with Gasteiger partial charge in [-0.3, -0.25) is 4.79 Å². The first kappa shape index (κ1) is 17.7. The minimum atomic E-state index is -0.357. The molecule has 0 spiro atoms. The van der Waals surface area contributed by atoms with Crippen LogP contribution in [0.4, 0.5) is 5.69 Å². The van der Waals surface area contributed by atoms with Gasteiger partial charge in [0.05, 0.1) is 24.3 Å². The van der Waals surface area contributed by atoms with Crippen molar-refractivity contribution < 1.29 is 14.3 Å². The number of esters is 1. The molecule has 0 saturated heterocycles. The number of rotatable bonds is 6. The maximum Gasteiger partial charge on any atom is 0.338 e. The molecular formula is C20H21N3O3. The van der Waals surface area contributed by atoms with Gasteiger partial charge in [0.25, 0.3) is 0 Å². The summed E-state index contributed by atoms with van der Waals surface area (Å²) in [5, 5.41) is 2.82. The molecule has 0 bridgehead atoms. The predicted molar refractivity (Wildman–Crippen MR) is 99.3 cm³/mol. The van der Waals surface area contributed by atoms with E-state index in [4.69, 9.17) is 4.74 Å². The van der Waals surface area contributed by atoms with E-state index < -0.39 is 0 Å². The van der Waals surface area contributed by atoms with Gasteiger partial charge in [-0.15, -0.1) is 0 Å². The van der Waals surface area contributed by atoms with Crippen molar-refractivity contribution in [2.75, 3.05) is 11.9 Å². The molecule has 1 amide bonds. The minimum Gasteiger partial charge on any atom is -0.462 e. The topological polar surface area (TPSA) is 72.7 Å². The molecule has 1 N–H and O–H groups in total. The maximum absolute atomic E-state index is 12.2. The number of hydrogen-bond donors (Lipinski definition) is 1. The van der Waals surface area contributed by atoms with Crippen LogP contribution in [0.15, 0.2) is 48.8 Å². The van der Waals surface area contributed by atoms with Crippen LogP contribution in [0.1, 0.15) is 35.0 Å². The van der Waals surface area contributed by atoms with E-state index in [1.165, 1.54) is 0 Å². The van der Waals surface area contributed by atoms with E-state index in [-0.39, 0.29) is 18.3 Å². The fourth-order valence-electron chi connectivity index (χ4n) is 2.56. The summed E-state index contributed by atoms with van der Waals surface area (Å²) in [4.78, 5) is 28.5. The number of aryl methyl sites for hydroxylation is 1. The summed E-state index contributed by atoms with van der Waals surface area (Å²) < 4.78 is 6.97. The molecule has 2 aromatic heterocycles. The third kappa shape index (κ3) is 4.27. The standard InChI is InChI=1S/C20H21N3O3/c1-3-10-26-20(25)15-4-6-16(7-5-15)22-19(24)12-17-13-23-9-8-14(2)11-18(23)21-17/h4-9,11,13H,3,10,12H2,1-2H3,(H,22,24). The number of anilines is 1. The van der Waals surface area contributed by atoms with Gasteiger partial charge in [0.1, 0.15) is 5.65 Å². The first-order chi connectivity index (χ1) is 12.5. The van der Waals surface area contributed by atoms with Crippen molar-refractivity contribution in [2.24, 2.45) is 0 Å². The summed E-state index contributed by atoms with van der Waals surface area (Å²) in [5.41, 5.74) is 3.74. The van der Waals surface area contributed by atoms with Crippen LogP contribution in [0, 0.1) is 6.92 Å². The first-order valence-electron chi connectivity index (χ1n) is 8.56. The normalized spacial score (nSPS) is 10.7. The molecule has 0 saturated carbocycles. The van der Waals surface area contributed by atoms with Crippen LogP contribution in [0.2, 0.25) is 0 Å². The van der Waals surface area contributed by atoms with Crippen molar-refractivity contribution in [3.05, 3.63) is 65.6 Å².